The topological polar surface area (TPSA) is 57.6 Å². The molecule has 2 aliphatic heterocycles. The van der Waals surface area contributed by atoms with Crippen molar-refractivity contribution in [3.8, 4) is 0 Å². The van der Waals surface area contributed by atoms with Crippen LogP contribution in [0.15, 0.2) is 42.5 Å². The molecule has 0 radical (unpaired) electrons. The fraction of sp³-hybridized carbons (Fsp3) is 0.429. The zero-order chi connectivity index (χ0) is 18.3. The van der Waals surface area contributed by atoms with Gasteiger partial charge in [0.2, 0.25) is 0 Å². The van der Waals surface area contributed by atoms with Crippen molar-refractivity contribution in [1.82, 2.24) is 4.90 Å². The lowest BCUT2D eigenvalue weighted by atomic mass is 9.70. The number of aliphatic hydroxyl groups excluding tert-OH is 1. The van der Waals surface area contributed by atoms with Gasteiger partial charge in [-0.2, -0.15) is 0 Å². The van der Waals surface area contributed by atoms with Gasteiger partial charge in [-0.3, -0.25) is 9.59 Å². The quantitative estimate of drug-likeness (QED) is 0.820. The molecule has 5 heteroatoms. The van der Waals surface area contributed by atoms with Crippen LogP contribution in [0.4, 0.5) is 0 Å². The molecule has 3 atom stereocenters. The lowest BCUT2D eigenvalue weighted by Gasteiger charge is -2.36. The first-order valence-electron chi connectivity index (χ1n) is 9.12. The molecule has 4 nitrogen and oxygen atoms in total. The number of hydrogen-bond donors (Lipinski definition) is 1. The SMILES string of the molecule is CC(=O)c1ccc(C(=O)N2[C@H]3CC[C@@H]2[C@@](CO)(Cc2ccccc2)C3)s1. The molecule has 0 spiro atoms. The Kier molecular flexibility index (Phi) is 4.45. The number of aliphatic hydroxyl groups is 1. The molecule has 2 bridgehead atoms. The van der Waals surface area contributed by atoms with Crippen molar-refractivity contribution in [2.45, 2.75) is 44.7 Å². The molecule has 0 saturated carbocycles. The fourth-order valence-electron chi connectivity index (χ4n) is 4.78. The summed E-state index contributed by atoms with van der Waals surface area (Å²) in [5.74, 6) is 0.00520. The van der Waals surface area contributed by atoms with Crippen LogP contribution in [0.3, 0.4) is 0 Å². The predicted molar refractivity (Wildman–Crippen MR) is 102 cm³/mol. The molecule has 26 heavy (non-hydrogen) atoms. The Balaban J connectivity index is 1.60. The summed E-state index contributed by atoms with van der Waals surface area (Å²) in [6.07, 6.45) is 3.57. The van der Waals surface area contributed by atoms with Crippen molar-refractivity contribution >= 4 is 23.0 Å². The third-order valence-corrected chi connectivity index (χ3v) is 7.14. The smallest absolute Gasteiger partial charge is 0.264 e. The second kappa shape index (κ2) is 6.63. The highest BCUT2D eigenvalue weighted by atomic mass is 32.1. The fourth-order valence-corrected chi connectivity index (χ4v) is 5.63. The van der Waals surface area contributed by atoms with Gasteiger partial charge >= 0.3 is 0 Å². The number of benzene rings is 1. The summed E-state index contributed by atoms with van der Waals surface area (Å²) < 4.78 is 0. The zero-order valence-electron chi connectivity index (χ0n) is 14.9. The molecule has 1 N–H and O–H groups in total. The molecule has 3 heterocycles. The van der Waals surface area contributed by atoms with Crippen LogP contribution in [0, 0.1) is 5.41 Å². The number of amides is 1. The van der Waals surface area contributed by atoms with Gasteiger partial charge < -0.3 is 10.0 Å². The molecular weight excluding hydrogens is 346 g/mol. The van der Waals surface area contributed by atoms with Crippen LogP contribution in [-0.4, -0.2) is 40.4 Å². The lowest BCUT2D eigenvalue weighted by molar-refractivity contribution is 0.0575. The monoisotopic (exact) mass is 369 g/mol. The summed E-state index contributed by atoms with van der Waals surface area (Å²) in [6, 6.07) is 14.0. The third-order valence-electron chi connectivity index (χ3n) is 5.96. The summed E-state index contributed by atoms with van der Waals surface area (Å²) in [6.45, 7) is 1.62. The van der Waals surface area contributed by atoms with Crippen LogP contribution >= 0.6 is 11.3 Å². The summed E-state index contributed by atoms with van der Waals surface area (Å²) >= 11 is 1.28. The van der Waals surface area contributed by atoms with Crippen LogP contribution in [0.2, 0.25) is 0 Å². The highest BCUT2D eigenvalue weighted by Gasteiger charge is 2.57. The van der Waals surface area contributed by atoms with Crippen molar-refractivity contribution in [3.05, 3.63) is 57.8 Å². The van der Waals surface area contributed by atoms with E-state index >= 15 is 0 Å². The van der Waals surface area contributed by atoms with Gasteiger partial charge in [-0.15, -0.1) is 11.3 Å². The summed E-state index contributed by atoms with van der Waals surface area (Å²) in [5.41, 5.74) is 0.942. The Bertz CT molecular complexity index is 831. The molecule has 2 aromatic rings. The molecule has 2 saturated heterocycles. The minimum absolute atomic E-state index is 0.00720. The van der Waals surface area contributed by atoms with E-state index in [1.54, 1.807) is 12.1 Å². The second-order valence-electron chi connectivity index (χ2n) is 7.57. The molecule has 1 aromatic carbocycles. The normalized spacial score (nSPS) is 27.1. The van der Waals surface area contributed by atoms with Crippen molar-refractivity contribution in [1.29, 1.82) is 0 Å². The van der Waals surface area contributed by atoms with E-state index < -0.39 is 0 Å². The number of hydrogen-bond acceptors (Lipinski definition) is 4. The molecule has 4 rings (SSSR count). The van der Waals surface area contributed by atoms with E-state index in [0.29, 0.717) is 9.75 Å². The second-order valence-corrected chi connectivity index (χ2v) is 8.65. The van der Waals surface area contributed by atoms with Crippen LogP contribution in [0.25, 0.3) is 0 Å². The van der Waals surface area contributed by atoms with Crippen molar-refractivity contribution in [2.75, 3.05) is 6.61 Å². The third kappa shape index (κ3) is 2.79. The average Bonchev–Trinajstić information content (AvgIpc) is 3.35. The molecule has 2 fully saturated rings. The Hall–Kier alpha value is -1.98. The van der Waals surface area contributed by atoms with Gasteiger partial charge in [-0.1, -0.05) is 30.3 Å². The number of carbonyl (C=O) groups is 2. The Morgan fingerprint density at radius 2 is 1.88 bits per heavy atom. The lowest BCUT2D eigenvalue weighted by Crippen LogP contribution is -2.43. The maximum absolute atomic E-state index is 13.1. The summed E-state index contributed by atoms with van der Waals surface area (Å²) in [7, 11) is 0. The van der Waals surface area contributed by atoms with Gasteiger partial charge in [0.15, 0.2) is 5.78 Å². The van der Waals surface area contributed by atoms with Gasteiger partial charge in [0, 0.05) is 17.5 Å². The van der Waals surface area contributed by atoms with Gasteiger partial charge in [0.25, 0.3) is 5.91 Å². The molecule has 2 aliphatic rings. The largest absolute Gasteiger partial charge is 0.396 e. The van der Waals surface area contributed by atoms with E-state index in [4.69, 9.17) is 0 Å². The highest BCUT2D eigenvalue weighted by molar-refractivity contribution is 7.15. The molecule has 1 aromatic heterocycles. The number of ketones is 1. The van der Waals surface area contributed by atoms with Crippen LogP contribution < -0.4 is 0 Å². The molecule has 0 unspecified atom stereocenters. The number of thiophene rings is 1. The number of rotatable bonds is 5. The first-order chi connectivity index (χ1) is 12.5. The summed E-state index contributed by atoms with van der Waals surface area (Å²) in [4.78, 5) is 27.9. The average molecular weight is 369 g/mol. The molecule has 1 amide bonds. The van der Waals surface area contributed by atoms with E-state index in [-0.39, 0.29) is 35.8 Å². The maximum atomic E-state index is 13.1. The standard InChI is InChI=1S/C21H23NO3S/c1-14(24)17-8-9-18(26-17)20(25)22-16-7-10-19(22)21(12-16,13-23)11-15-5-3-2-4-6-15/h2-6,8-9,16,19,23H,7,10-13H2,1H3/t16-,19+,21-/m0/s1. The van der Waals surface area contributed by atoms with Crippen LogP contribution in [0.5, 0.6) is 0 Å². The zero-order valence-corrected chi connectivity index (χ0v) is 15.7. The van der Waals surface area contributed by atoms with E-state index in [1.165, 1.54) is 23.8 Å². The van der Waals surface area contributed by atoms with Gasteiger partial charge in [-0.05, 0) is 50.3 Å². The molecular formula is C21H23NO3S. The summed E-state index contributed by atoms with van der Waals surface area (Å²) in [5, 5.41) is 10.3. The number of fused-ring (bicyclic) bond motifs is 2. The number of nitrogens with zero attached hydrogens (tertiary/aromatic N) is 1. The number of carbonyl (C=O) groups excluding carboxylic acids is 2. The highest BCUT2D eigenvalue weighted by Crippen LogP contribution is 2.52. The maximum Gasteiger partial charge on any atom is 0.264 e. The number of Topliss-reactive ketones (excluding diaryl/α,β-unsaturated/α-hetero) is 1. The predicted octanol–water partition coefficient (Wildman–Crippen LogP) is 3.55. The molecule has 0 aliphatic carbocycles. The van der Waals surface area contributed by atoms with E-state index in [1.807, 2.05) is 23.1 Å². The van der Waals surface area contributed by atoms with E-state index in [9.17, 15) is 14.7 Å². The van der Waals surface area contributed by atoms with Crippen molar-refractivity contribution < 1.29 is 14.7 Å². The minimum Gasteiger partial charge on any atom is -0.396 e. The van der Waals surface area contributed by atoms with Crippen LogP contribution in [-0.2, 0) is 6.42 Å². The minimum atomic E-state index is -0.263. The molecule has 136 valence electrons. The van der Waals surface area contributed by atoms with Gasteiger partial charge in [-0.25, -0.2) is 0 Å². The van der Waals surface area contributed by atoms with Crippen molar-refractivity contribution in [2.24, 2.45) is 5.41 Å². The first-order valence-corrected chi connectivity index (χ1v) is 9.94. The van der Waals surface area contributed by atoms with Gasteiger partial charge in [0.05, 0.1) is 16.4 Å². The Labute approximate surface area is 157 Å². The van der Waals surface area contributed by atoms with Gasteiger partial charge in [0.1, 0.15) is 0 Å². The van der Waals surface area contributed by atoms with E-state index in [2.05, 4.69) is 12.1 Å². The van der Waals surface area contributed by atoms with Crippen molar-refractivity contribution in [3.63, 3.8) is 0 Å². The first kappa shape index (κ1) is 17.4. The van der Waals surface area contributed by atoms with E-state index in [0.717, 1.165) is 25.7 Å². The van der Waals surface area contributed by atoms with Crippen LogP contribution in [0.1, 0.15) is 51.1 Å². The Morgan fingerprint density at radius 3 is 2.54 bits per heavy atom. The Morgan fingerprint density at radius 1 is 1.15 bits per heavy atom.